The van der Waals surface area contributed by atoms with Gasteiger partial charge in [0.05, 0.1) is 0 Å². The maximum atomic E-state index is 12.4. The van der Waals surface area contributed by atoms with Gasteiger partial charge in [0.1, 0.15) is 0 Å². The smallest absolute Gasteiger partial charge is 0.260 e. The van der Waals surface area contributed by atoms with Crippen LogP contribution in [0.25, 0.3) is 0 Å². The Balaban J connectivity index is 2.07. The summed E-state index contributed by atoms with van der Waals surface area (Å²) >= 11 is 0. The molecule has 20 heavy (non-hydrogen) atoms. The lowest BCUT2D eigenvalue weighted by atomic mass is 10.1. The monoisotopic (exact) mass is 297 g/mol. The molecule has 0 radical (unpaired) electrons. The molecule has 6 heteroatoms. The minimum atomic E-state index is -3.46. The molecule has 5 nitrogen and oxygen atoms in total. The van der Waals surface area contributed by atoms with Crippen molar-refractivity contribution in [2.24, 2.45) is 5.92 Å². The lowest BCUT2D eigenvalue weighted by molar-refractivity contribution is 0.386. The third-order valence-corrected chi connectivity index (χ3v) is 5.58. The van der Waals surface area contributed by atoms with Gasteiger partial charge in [0, 0.05) is 26.3 Å². The van der Waals surface area contributed by atoms with Gasteiger partial charge in [-0.15, -0.1) is 0 Å². The Kier molecular flexibility index (Phi) is 5.12. The van der Waals surface area contributed by atoms with Crippen molar-refractivity contribution in [2.45, 2.75) is 37.3 Å². The van der Waals surface area contributed by atoms with Gasteiger partial charge in [-0.05, 0) is 37.4 Å². The number of pyridine rings is 1. The predicted octanol–water partition coefficient (Wildman–Crippen LogP) is 1.61. The lowest BCUT2D eigenvalue weighted by Crippen LogP contribution is -2.31. The van der Waals surface area contributed by atoms with Gasteiger partial charge in [0.2, 0.25) is 0 Å². The molecule has 112 valence electrons. The van der Waals surface area contributed by atoms with Crippen molar-refractivity contribution in [3.8, 4) is 0 Å². The Labute approximate surface area is 121 Å². The number of sulfonamides is 1. The first-order chi connectivity index (χ1) is 9.54. The zero-order chi connectivity index (χ0) is 14.6. The molecule has 0 aromatic carbocycles. The van der Waals surface area contributed by atoms with E-state index in [1.807, 2.05) is 7.05 Å². The quantitative estimate of drug-likeness (QED) is 0.866. The van der Waals surface area contributed by atoms with Crippen LogP contribution in [-0.4, -0.2) is 38.3 Å². The van der Waals surface area contributed by atoms with E-state index >= 15 is 0 Å². The zero-order valence-electron chi connectivity index (χ0n) is 12.2. The van der Waals surface area contributed by atoms with E-state index in [9.17, 15) is 8.42 Å². The third-order valence-electron chi connectivity index (χ3n) is 3.84. The van der Waals surface area contributed by atoms with Crippen molar-refractivity contribution >= 4 is 10.0 Å². The maximum absolute atomic E-state index is 12.4. The molecule has 1 N–H and O–H groups in total. The van der Waals surface area contributed by atoms with E-state index < -0.39 is 10.0 Å². The summed E-state index contributed by atoms with van der Waals surface area (Å²) in [7, 11) is 0.0406. The Morgan fingerprint density at radius 3 is 2.60 bits per heavy atom. The molecule has 0 bridgehead atoms. The zero-order valence-corrected chi connectivity index (χ0v) is 13.0. The minimum absolute atomic E-state index is 0.137. The van der Waals surface area contributed by atoms with Crippen molar-refractivity contribution < 1.29 is 8.42 Å². The van der Waals surface area contributed by atoms with E-state index in [-0.39, 0.29) is 5.03 Å². The molecule has 1 aromatic rings. The topological polar surface area (TPSA) is 62.3 Å². The van der Waals surface area contributed by atoms with E-state index in [4.69, 9.17) is 0 Å². The van der Waals surface area contributed by atoms with Crippen LogP contribution in [0.2, 0.25) is 0 Å². The van der Waals surface area contributed by atoms with Crippen LogP contribution < -0.4 is 5.32 Å². The molecular formula is C14H23N3O2S. The van der Waals surface area contributed by atoms with Gasteiger partial charge in [-0.1, -0.05) is 18.9 Å². The second kappa shape index (κ2) is 6.65. The summed E-state index contributed by atoms with van der Waals surface area (Å²) in [5.74, 6) is 0.498. The van der Waals surface area contributed by atoms with Gasteiger partial charge in [0.25, 0.3) is 10.0 Å². The summed E-state index contributed by atoms with van der Waals surface area (Å²) in [5.41, 5.74) is 0.977. The normalized spacial score (nSPS) is 16.9. The second-order valence-corrected chi connectivity index (χ2v) is 7.46. The SMILES string of the molecule is CNCc1ccc(S(=O)(=O)N(C)CC2CCCC2)nc1. The largest absolute Gasteiger partial charge is 0.316 e. The first-order valence-corrected chi connectivity index (χ1v) is 8.54. The fourth-order valence-corrected chi connectivity index (χ4v) is 3.84. The summed E-state index contributed by atoms with van der Waals surface area (Å²) in [6.45, 7) is 1.29. The van der Waals surface area contributed by atoms with Crippen LogP contribution in [0.5, 0.6) is 0 Å². The Bertz CT molecular complexity index is 522. The molecule has 0 unspecified atom stereocenters. The number of hydrogen-bond donors (Lipinski definition) is 1. The standard InChI is InChI=1S/C14H23N3O2S/c1-15-9-13-7-8-14(16-10-13)20(18,19)17(2)11-12-5-3-4-6-12/h7-8,10,12,15H,3-6,9,11H2,1-2H3. The average Bonchev–Trinajstić information content (AvgIpc) is 2.92. The third kappa shape index (κ3) is 3.56. The predicted molar refractivity (Wildman–Crippen MR) is 78.8 cm³/mol. The summed E-state index contributed by atoms with van der Waals surface area (Å²) in [5, 5.41) is 3.15. The molecule has 1 aromatic heterocycles. The lowest BCUT2D eigenvalue weighted by Gasteiger charge is -2.20. The van der Waals surface area contributed by atoms with Crippen LogP contribution in [0.4, 0.5) is 0 Å². The van der Waals surface area contributed by atoms with Crippen LogP contribution in [0.1, 0.15) is 31.2 Å². The number of nitrogens with zero attached hydrogens (tertiary/aromatic N) is 2. The second-order valence-electron chi connectivity index (χ2n) is 5.47. The molecule has 0 atom stereocenters. The molecule has 0 amide bonds. The van der Waals surface area contributed by atoms with Gasteiger partial charge >= 0.3 is 0 Å². The molecule has 1 saturated carbocycles. The van der Waals surface area contributed by atoms with E-state index in [2.05, 4.69) is 10.3 Å². The minimum Gasteiger partial charge on any atom is -0.316 e. The summed E-state index contributed by atoms with van der Waals surface area (Å²) in [6.07, 6.45) is 6.32. The van der Waals surface area contributed by atoms with Gasteiger partial charge in [-0.25, -0.2) is 13.4 Å². The Morgan fingerprint density at radius 1 is 1.35 bits per heavy atom. The highest BCUT2D eigenvalue weighted by Crippen LogP contribution is 2.26. The number of nitrogens with one attached hydrogen (secondary N) is 1. The van der Waals surface area contributed by atoms with Gasteiger partial charge in [-0.3, -0.25) is 0 Å². The molecule has 0 aliphatic heterocycles. The van der Waals surface area contributed by atoms with Crippen molar-refractivity contribution in [1.82, 2.24) is 14.6 Å². The fraction of sp³-hybridized carbons (Fsp3) is 0.643. The molecule has 0 spiro atoms. The molecule has 1 fully saturated rings. The van der Waals surface area contributed by atoms with Gasteiger partial charge in [0.15, 0.2) is 5.03 Å². The van der Waals surface area contributed by atoms with Crippen LogP contribution in [0.15, 0.2) is 23.4 Å². The van der Waals surface area contributed by atoms with Crippen molar-refractivity contribution in [2.75, 3.05) is 20.6 Å². The maximum Gasteiger partial charge on any atom is 0.260 e. The number of rotatable bonds is 6. The molecule has 1 aliphatic rings. The van der Waals surface area contributed by atoms with Crippen molar-refractivity contribution in [3.05, 3.63) is 23.9 Å². The number of hydrogen-bond acceptors (Lipinski definition) is 4. The first-order valence-electron chi connectivity index (χ1n) is 7.10. The van der Waals surface area contributed by atoms with E-state index in [1.54, 1.807) is 25.4 Å². The molecular weight excluding hydrogens is 274 g/mol. The van der Waals surface area contributed by atoms with Gasteiger partial charge in [-0.2, -0.15) is 4.31 Å². The Hall–Kier alpha value is -0.980. The van der Waals surface area contributed by atoms with E-state index in [1.165, 1.54) is 17.1 Å². The van der Waals surface area contributed by atoms with E-state index in [0.29, 0.717) is 19.0 Å². The first kappa shape index (κ1) is 15.4. The number of aromatic nitrogens is 1. The van der Waals surface area contributed by atoms with Crippen molar-refractivity contribution in [3.63, 3.8) is 0 Å². The average molecular weight is 297 g/mol. The highest BCUT2D eigenvalue weighted by Gasteiger charge is 2.26. The van der Waals surface area contributed by atoms with Crippen LogP contribution >= 0.6 is 0 Å². The van der Waals surface area contributed by atoms with Crippen LogP contribution in [0, 0.1) is 5.92 Å². The van der Waals surface area contributed by atoms with Gasteiger partial charge < -0.3 is 5.32 Å². The summed E-state index contributed by atoms with van der Waals surface area (Å²) < 4.78 is 26.3. The van der Waals surface area contributed by atoms with Crippen LogP contribution in [-0.2, 0) is 16.6 Å². The molecule has 1 heterocycles. The highest BCUT2D eigenvalue weighted by molar-refractivity contribution is 7.89. The fourth-order valence-electron chi connectivity index (χ4n) is 2.69. The summed E-state index contributed by atoms with van der Waals surface area (Å²) in [6, 6.07) is 3.40. The van der Waals surface area contributed by atoms with Crippen molar-refractivity contribution in [1.29, 1.82) is 0 Å². The summed E-state index contributed by atoms with van der Waals surface area (Å²) in [4.78, 5) is 4.09. The molecule has 1 aliphatic carbocycles. The molecule has 2 rings (SSSR count). The van der Waals surface area contributed by atoms with Crippen LogP contribution in [0.3, 0.4) is 0 Å². The van der Waals surface area contributed by atoms with E-state index in [0.717, 1.165) is 18.4 Å². The Morgan fingerprint density at radius 2 is 2.05 bits per heavy atom. The molecule has 0 saturated heterocycles. The highest BCUT2D eigenvalue weighted by atomic mass is 32.2.